The van der Waals surface area contributed by atoms with Gasteiger partial charge in [0.1, 0.15) is 19.8 Å². The molecule has 0 N–H and O–H groups in total. The Balaban J connectivity index is 1.62. The molecule has 2 heterocycles. The molecule has 0 amide bonds. The van der Waals surface area contributed by atoms with Gasteiger partial charge in [-0.25, -0.2) is 0 Å². The number of nitrogens with zero attached hydrogens (tertiary/aromatic N) is 2. The van der Waals surface area contributed by atoms with Crippen LogP contribution < -0.4 is 14.2 Å². The first-order valence-corrected chi connectivity index (χ1v) is 8.87. The van der Waals surface area contributed by atoms with Gasteiger partial charge in [0, 0.05) is 17.7 Å². The predicted octanol–water partition coefficient (Wildman–Crippen LogP) is 4.48. The van der Waals surface area contributed by atoms with Crippen molar-refractivity contribution in [2.75, 3.05) is 13.2 Å². The van der Waals surface area contributed by atoms with Gasteiger partial charge in [-0.1, -0.05) is 30.3 Å². The molecule has 0 bridgehead atoms. The van der Waals surface area contributed by atoms with Crippen LogP contribution in [0.1, 0.15) is 25.5 Å². The number of hydrogen-bond donors (Lipinski definition) is 0. The first-order chi connectivity index (χ1) is 12.7. The summed E-state index contributed by atoms with van der Waals surface area (Å²) in [4.78, 5) is 0. The van der Waals surface area contributed by atoms with E-state index in [1.54, 1.807) is 0 Å². The third-order valence-corrected chi connectivity index (χ3v) is 4.27. The van der Waals surface area contributed by atoms with Gasteiger partial charge in [0.15, 0.2) is 11.5 Å². The number of ether oxygens (including phenoxy) is 3. The Kier molecular flexibility index (Phi) is 4.52. The van der Waals surface area contributed by atoms with Gasteiger partial charge in [-0.3, -0.25) is 4.68 Å². The summed E-state index contributed by atoms with van der Waals surface area (Å²) in [7, 11) is 0. The summed E-state index contributed by atoms with van der Waals surface area (Å²) in [6.45, 7) is 5.88. The van der Waals surface area contributed by atoms with Crippen LogP contribution in [-0.2, 0) is 6.61 Å². The molecule has 0 atom stereocenters. The van der Waals surface area contributed by atoms with Gasteiger partial charge in [-0.2, -0.15) is 0 Å². The molecule has 0 fully saturated rings. The second-order valence-corrected chi connectivity index (χ2v) is 6.54. The molecule has 1 aliphatic rings. The lowest BCUT2D eigenvalue weighted by Gasteiger charge is -2.19. The van der Waals surface area contributed by atoms with Gasteiger partial charge in [0.2, 0.25) is 5.88 Å². The molecule has 4 rings (SSSR count). The lowest BCUT2D eigenvalue weighted by molar-refractivity contribution is 0.171. The highest BCUT2D eigenvalue weighted by Crippen LogP contribution is 2.36. The molecule has 0 aliphatic carbocycles. The smallest absolute Gasteiger partial charge is 0.233 e. The molecule has 0 saturated carbocycles. The standard InChI is InChI=1S/C21H22N2O3/c1-15(2)23-18(17-8-9-19-20(12-17)25-11-10-24-19)13-21(22-23)26-14-16-6-4-3-5-7-16/h3-9,12-13,15H,10-11,14H2,1-2H3. The predicted molar refractivity (Wildman–Crippen MR) is 99.8 cm³/mol. The summed E-state index contributed by atoms with van der Waals surface area (Å²) in [6, 6.07) is 18.3. The van der Waals surface area contributed by atoms with Crippen molar-refractivity contribution in [1.29, 1.82) is 0 Å². The van der Waals surface area contributed by atoms with E-state index in [1.165, 1.54) is 0 Å². The molecule has 26 heavy (non-hydrogen) atoms. The average Bonchev–Trinajstić information content (AvgIpc) is 3.11. The molecular weight excluding hydrogens is 328 g/mol. The van der Waals surface area contributed by atoms with Crippen molar-refractivity contribution in [2.45, 2.75) is 26.5 Å². The van der Waals surface area contributed by atoms with Crippen molar-refractivity contribution in [2.24, 2.45) is 0 Å². The Morgan fingerprint density at radius 1 is 1.00 bits per heavy atom. The van der Waals surface area contributed by atoms with Crippen molar-refractivity contribution in [3.63, 3.8) is 0 Å². The van der Waals surface area contributed by atoms with E-state index in [1.807, 2.05) is 59.3 Å². The van der Waals surface area contributed by atoms with Crippen molar-refractivity contribution >= 4 is 0 Å². The molecule has 2 aromatic carbocycles. The lowest BCUT2D eigenvalue weighted by Crippen LogP contribution is -2.15. The molecule has 5 heteroatoms. The van der Waals surface area contributed by atoms with Gasteiger partial charge in [-0.05, 0) is 37.6 Å². The van der Waals surface area contributed by atoms with Gasteiger partial charge in [-0.15, -0.1) is 5.10 Å². The SMILES string of the molecule is CC(C)n1nc(OCc2ccccc2)cc1-c1ccc2c(c1)OCCO2. The number of aromatic nitrogens is 2. The summed E-state index contributed by atoms with van der Waals surface area (Å²) >= 11 is 0. The molecule has 1 aliphatic heterocycles. The molecule has 3 aromatic rings. The van der Waals surface area contributed by atoms with E-state index in [0.29, 0.717) is 25.7 Å². The van der Waals surface area contributed by atoms with Crippen LogP contribution in [0.2, 0.25) is 0 Å². The molecule has 5 nitrogen and oxygen atoms in total. The number of fused-ring (bicyclic) bond motifs is 1. The van der Waals surface area contributed by atoms with E-state index in [0.717, 1.165) is 28.3 Å². The van der Waals surface area contributed by atoms with E-state index < -0.39 is 0 Å². The Morgan fingerprint density at radius 3 is 2.54 bits per heavy atom. The molecular formula is C21H22N2O3. The molecule has 0 spiro atoms. The summed E-state index contributed by atoms with van der Waals surface area (Å²) in [5.41, 5.74) is 3.15. The van der Waals surface area contributed by atoms with E-state index in [9.17, 15) is 0 Å². The molecule has 1 aromatic heterocycles. The third-order valence-electron chi connectivity index (χ3n) is 4.27. The monoisotopic (exact) mass is 350 g/mol. The largest absolute Gasteiger partial charge is 0.486 e. The number of hydrogen-bond acceptors (Lipinski definition) is 4. The molecule has 0 radical (unpaired) electrons. The minimum absolute atomic E-state index is 0.215. The van der Waals surface area contributed by atoms with E-state index in [4.69, 9.17) is 14.2 Å². The lowest BCUT2D eigenvalue weighted by atomic mass is 10.1. The van der Waals surface area contributed by atoms with E-state index in [2.05, 4.69) is 18.9 Å². The number of rotatable bonds is 5. The van der Waals surface area contributed by atoms with Gasteiger partial charge in [0.25, 0.3) is 0 Å². The zero-order valence-electron chi connectivity index (χ0n) is 15.0. The maximum atomic E-state index is 5.91. The Bertz CT molecular complexity index is 888. The van der Waals surface area contributed by atoms with Gasteiger partial charge >= 0.3 is 0 Å². The maximum absolute atomic E-state index is 5.91. The Labute approximate surface area is 153 Å². The van der Waals surface area contributed by atoms with Crippen molar-refractivity contribution < 1.29 is 14.2 Å². The van der Waals surface area contributed by atoms with Crippen LogP contribution >= 0.6 is 0 Å². The van der Waals surface area contributed by atoms with Crippen LogP contribution in [0.3, 0.4) is 0 Å². The Hall–Kier alpha value is -2.95. The fourth-order valence-electron chi connectivity index (χ4n) is 2.99. The highest BCUT2D eigenvalue weighted by Gasteiger charge is 2.17. The minimum atomic E-state index is 0.215. The summed E-state index contributed by atoms with van der Waals surface area (Å²) in [6.07, 6.45) is 0. The zero-order valence-corrected chi connectivity index (χ0v) is 15.0. The quantitative estimate of drug-likeness (QED) is 0.680. The Morgan fingerprint density at radius 2 is 1.77 bits per heavy atom. The van der Waals surface area contributed by atoms with Crippen molar-refractivity contribution in [1.82, 2.24) is 9.78 Å². The first kappa shape index (κ1) is 16.5. The maximum Gasteiger partial charge on any atom is 0.233 e. The fourth-order valence-corrected chi connectivity index (χ4v) is 2.99. The fraction of sp³-hybridized carbons (Fsp3) is 0.286. The molecule has 134 valence electrons. The van der Waals surface area contributed by atoms with Crippen LogP contribution in [0.5, 0.6) is 17.4 Å². The van der Waals surface area contributed by atoms with Crippen molar-refractivity contribution in [3.05, 3.63) is 60.2 Å². The molecule has 0 saturated heterocycles. The highest BCUT2D eigenvalue weighted by atomic mass is 16.6. The topological polar surface area (TPSA) is 45.5 Å². The minimum Gasteiger partial charge on any atom is -0.486 e. The second-order valence-electron chi connectivity index (χ2n) is 6.54. The summed E-state index contributed by atoms with van der Waals surface area (Å²) in [5, 5.41) is 4.64. The van der Waals surface area contributed by atoms with E-state index >= 15 is 0 Å². The summed E-state index contributed by atoms with van der Waals surface area (Å²) in [5.74, 6) is 2.18. The molecule has 0 unspecified atom stereocenters. The van der Waals surface area contributed by atoms with Crippen LogP contribution in [0.15, 0.2) is 54.6 Å². The zero-order chi connectivity index (χ0) is 17.9. The number of benzene rings is 2. The van der Waals surface area contributed by atoms with Crippen LogP contribution in [-0.4, -0.2) is 23.0 Å². The average molecular weight is 350 g/mol. The first-order valence-electron chi connectivity index (χ1n) is 8.87. The van der Waals surface area contributed by atoms with E-state index in [-0.39, 0.29) is 6.04 Å². The van der Waals surface area contributed by atoms with Crippen molar-refractivity contribution in [3.8, 4) is 28.6 Å². The third kappa shape index (κ3) is 3.38. The summed E-state index contributed by atoms with van der Waals surface area (Å²) < 4.78 is 19.2. The van der Waals surface area contributed by atoms with Gasteiger partial charge in [0.05, 0.1) is 5.69 Å². The van der Waals surface area contributed by atoms with Crippen LogP contribution in [0.25, 0.3) is 11.3 Å². The highest BCUT2D eigenvalue weighted by molar-refractivity contribution is 5.65. The van der Waals surface area contributed by atoms with Gasteiger partial charge < -0.3 is 14.2 Å². The van der Waals surface area contributed by atoms with Crippen LogP contribution in [0.4, 0.5) is 0 Å². The second kappa shape index (κ2) is 7.12. The van der Waals surface area contributed by atoms with Crippen LogP contribution in [0, 0.1) is 0 Å². The normalized spacial score (nSPS) is 13.0.